The Hall–Kier alpha value is -3.88. The summed E-state index contributed by atoms with van der Waals surface area (Å²) in [7, 11) is -2.57. The Morgan fingerprint density at radius 3 is 1.97 bits per heavy atom. The Balaban J connectivity index is 1.52. The summed E-state index contributed by atoms with van der Waals surface area (Å²) in [5.41, 5.74) is 2.27. The van der Waals surface area contributed by atoms with Gasteiger partial charge in [0.2, 0.25) is 0 Å². The van der Waals surface area contributed by atoms with Gasteiger partial charge in [-0.3, -0.25) is 4.31 Å². The zero-order chi connectivity index (χ0) is 25.3. The number of hydrogen-bond acceptors (Lipinski definition) is 4. The van der Waals surface area contributed by atoms with Crippen molar-refractivity contribution in [2.24, 2.45) is 0 Å². The molecular formula is C28H25FN2O4S. The fourth-order valence-electron chi connectivity index (χ4n) is 4.48. The number of aliphatic hydroxyl groups excluding tert-OH is 1. The highest BCUT2D eigenvalue weighted by Gasteiger charge is 2.28. The second-order valence-corrected chi connectivity index (χ2v) is 10.3. The number of hydrogen-bond donors (Lipinski definition) is 1. The highest BCUT2D eigenvalue weighted by atomic mass is 32.2. The standard InChI is InChI=1S/C28H25FN2O4S/c1-35-23-14-12-21(13-15-23)31(36(33,34)24-16-10-20(29)11-17-24)19-22(32)18-30-27-8-4-2-6-25(27)26-7-3-5-9-28(26)30/h2-17,22,32H,18-19H2,1H3/t22-/m1/s1. The van der Waals surface area contributed by atoms with E-state index in [4.69, 9.17) is 4.74 Å². The number of methoxy groups -OCH3 is 1. The molecule has 0 fully saturated rings. The van der Waals surface area contributed by atoms with E-state index in [1.165, 1.54) is 19.2 Å². The Kier molecular flexibility index (Phi) is 6.38. The minimum absolute atomic E-state index is 0.0659. The quantitative estimate of drug-likeness (QED) is 0.315. The van der Waals surface area contributed by atoms with Crippen molar-refractivity contribution in [3.63, 3.8) is 0 Å². The normalized spacial score (nSPS) is 12.6. The van der Waals surface area contributed by atoms with E-state index < -0.39 is 21.9 Å². The first-order valence-corrected chi connectivity index (χ1v) is 12.9. The van der Waals surface area contributed by atoms with Crippen LogP contribution in [0.1, 0.15) is 0 Å². The van der Waals surface area contributed by atoms with Crippen LogP contribution >= 0.6 is 0 Å². The van der Waals surface area contributed by atoms with Crippen LogP contribution in [0.15, 0.2) is 102 Å². The third kappa shape index (κ3) is 4.41. The molecule has 0 aliphatic rings. The maximum absolute atomic E-state index is 13.6. The summed E-state index contributed by atoms with van der Waals surface area (Å²) >= 11 is 0. The molecule has 0 bridgehead atoms. The molecule has 0 radical (unpaired) electrons. The molecule has 0 spiro atoms. The second kappa shape index (κ2) is 9.64. The zero-order valence-corrected chi connectivity index (χ0v) is 20.4. The van der Waals surface area contributed by atoms with Crippen molar-refractivity contribution in [2.75, 3.05) is 18.0 Å². The van der Waals surface area contributed by atoms with E-state index in [-0.39, 0.29) is 18.0 Å². The first-order chi connectivity index (χ1) is 17.4. The lowest BCUT2D eigenvalue weighted by molar-refractivity contribution is 0.166. The number of para-hydroxylation sites is 2. The molecule has 36 heavy (non-hydrogen) atoms. The van der Waals surface area contributed by atoms with Crippen molar-refractivity contribution in [1.29, 1.82) is 0 Å². The van der Waals surface area contributed by atoms with Crippen LogP contribution in [0, 0.1) is 5.82 Å². The number of aromatic nitrogens is 1. The highest BCUT2D eigenvalue weighted by molar-refractivity contribution is 7.92. The lowest BCUT2D eigenvalue weighted by atomic mass is 10.2. The van der Waals surface area contributed by atoms with E-state index in [1.807, 2.05) is 53.1 Å². The van der Waals surface area contributed by atoms with Crippen LogP contribution in [0.5, 0.6) is 5.75 Å². The summed E-state index contributed by atoms with van der Waals surface area (Å²) in [6.07, 6.45) is -1.04. The van der Waals surface area contributed by atoms with Crippen molar-refractivity contribution in [1.82, 2.24) is 4.57 Å². The molecule has 5 rings (SSSR count). The van der Waals surface area contributed by atoms with Gasteiger partial charge < -0.3 is 14.4 Å². The van der Waals surface area contributed by atoms with Crippen LogP contribution in [-0.4, -0.2) is 37.8 Å². The van der Waals surface area contributed by atoms with Gasteiger partial charge in [-0.25, -0.2) is 12.8 Å². The number of halogens is 1. The summed E-state index contributed by atoms with van der Waals surface area (Å²) in [4.78, 5) is -0.0659. The maximum Gasteiger partial charge on any atom is 0.264 e. The van der Waals surface area contributed by atoms with E-state index in [2.05, 4.69) is 0 Å². The predicted molar refractivity (Wildman–Crippen MR) is 139 cm³/mol. The Morgan fingerprint density at radius 1 is 0.861 bits per heavy atom. The van der Waals surface area contributed by atoms with Crippen molar-refractivity contribution in [2.45, 2.75) is 17.5 Å². The molecule has 1 atom stereocenters. The van der Waals surface area contributed by atoms with E-state index in [1.54, 1.807) is 24.3 Å². The SMILES string of the molecule is COc1ccc(N(C[C@H](O)Cn2c3ccccc3c3ccccc32)S(=O)(=O)c2ccc(F)cc2)cc1. The van der Waals surface area contributed by atoms with Crippen LogP contribution in [-0.2, 0) is 16.6 Å². The smallest absolute Gasteiger partial charge is 0.264 e. The molecule has 0 saturated heterocycles. The van der Waals surface area contributed by atoms with Crippen LogP contribution < -0.4 is 9.04 Å². The number of nitrogens with zero attached hydrogens (tertiary/aromatic N) is 2. The predicted octanol–water partition coefficient (Wildman–Crippen LogP) is 5.20. The number of benzene rings is 4. The van der Waals surface area contributed by atoms with Gasteiger partial charge in [0.25, 0.3) is 10.0 Å². The minimum Gasteiger partial charge on any atom is -0.497 e. The van der Waals surface area contributed by atoms with E-state index >= 15 is 0 Å². The third-order valence-electron chi connectivity index (χ3n) is 6.21. The third-order valence-corrected chi connectivity index (χ3v) is 8.02. The lowest BCUT2D eigenvalue weighted by Gasteiger charge is -2.27. The number of rotatable bonds is 8. The first-order valence-electron chi connectivity index (χ1n) is 11.4. The molecule has 0 amide bonds. The average Bonchev–Trinajstić information content (AvgIpc) is 3.21. The van der Waals surface area contributed by atoms with Gasteiger partial charge in [-0.2, -0.15) is 0 Å². The summed E-state index contributed by atoms with van der Waals surface area (Å²) in [6, 6.07) is 27.0. The lowest BCUT2D eigenvalue weighted by Crippen LogP contribution is -2.39. The van der Waals surface area contributed by atoms with Crippen molar-refractivity contribution >= 4 is 37.5 Å². The molecule has 1 heterocycles. The van der Waals surface area contributed by atoms with Gasteiger partial charge in [-0.15, -0.1) is 0 Å². The van der Waals surface area contributed by atoms with Crippen molar-refractivity contribution in [3.8, 4) is 5.75 Å². The molecule has 0 saturated carbocycles. The van der Waals surface area contributed by atoms with Crippen LogP contribution in [0.3, 0.4) is 0 Å². The van der Waals surface area contributed by atoms with E-state index in [0.29, 0.717) is 11.4 Å². The van der Waals surface area contributed by atoms with E-state index in [0.717, 1.165) is 38.2 Å². The van der Waals surface area contributed by atoms with Gasteiger partial charge in [0.15, 0.2) is 0 Å². The molecule has 0 aliphatic heterocycles. The number of fused-ring (bicyclic) bond motifs is 3. The molecular weight excluding hydrogens is 479 g/mol. The Labute approximate surface area is 208 Å². The minimum atomic E-state index is -4.09. The maximum atomic E-state index is 13.6. The van der Waals surface area contributed by atoms with Gasteiger partial charge in [0.1, 0.15) is 11.6 Å². The topological polar surface area (TPSA) is 71.8 Å². The fraction of sp³-hybridized carbons (Fsp3) is 0.143. The van der Waals surface area contributed by atoms with Gasteiger partial charge >= 0.3 is 0 Å². The van der Waals surface area contributed by atoms with Crippen molar-refractivity contribution in [3.05, 3.63) is 103 Å². The number of ether oxygens (including phenoxy) is 1. The highest BCUT2D eigenvalue weighted by Crippen LogP contribution is 2.30. The van der Waals surface area contributed by atoms with Crippen LogP contribution in [0.25, 0.3) is 21.8 Å². The first kappa shape index (κ1) is 23.8. The molecule has 0 unspecified atom stereocenters. The summed E-state index contributed by atoms with van der Waals surface area (Å²) < 4.78 is 49.1. The molecule has 0 aliphatic carbocycles. The number of aliphatic hydroxyl groups is 1. The average molecular weight is 505 g/mol. The van der Waals surface area contributed by atoms with Gasteiger partial charge in [-0.1, -0.05) is 36.4 Å². The van der Waals surface area contributed by atoms with Gasteiger partial charge in [-0.05, 0) is 60.7 Å². The van der Waals surface area contributed by atoms with Crippen LogP contribution in [0.4, 0.5) is 10.1 Å². The zero-order valence-electron chi connectivity index (χ0n) is 19.6. The molecule has 4 aromatic carbocycles. The van der Waals surface area contributed by atoms with E-state index in [9.17, 15) is 17.9 Å². The fourth-order valence-corrected chi connectivity index (χ4v) is 5.99. The molecule has 1 aromatic heterocycles. The van der Waals surface area contributed by atoms with Crippen LogP contribution in [0.2, 0.25) is 0 Å². The monoisotopic (exact) mass is 504 g/mol. The molecule has 5 aromatic rings. The second-order valence-electron chi connectivity index (χ2n) is 8.49. The van der Waals surface area contributed by atoms with Crippen molar-refractivity contribution < 1.29 is 22.7 Å². The Bertz CT molecular complexity index is 1560. The molecule has 184 valence electrons. The summed E-state index contributed by atoms with van der Waals surface area (Å²) in [5.74, 6) is 0.0417. The summed E-state index contributed by atoms with van der Waals surface area (Å²) in [5, 5.41) is 13.3. The number of anilines is 1. The molecule has 8 heteroatoms. The number of sulfonamides is 1. The molecule has 6 nitrogen and oxygen atoms in total. The van der Waals surface area contributed by atoms with Gasteiger partial charge in [0.05, 0.1) is 36.9 Å². The van der Waals surface area contributed by atoms with Gasteiger partial charge in [0, 0.05) is 21.8 Å². The summed E-state index contributed by atoms with van der Waals surface area (Å²) in [6.45, 7) is -0.0213. The largest absolute Gasteiger partial charge is 0.497 e. The Morgan fingerprint density at radius 2 is 1.42 bits per heavy atom. The molecule has 1 N–H and O–H groups in total.